The molecule has 0 aliphatic heterocycles. The third-order valence-corrected chi connectivity index (χ3v) is 1.22. The lowest BCUT2D eigenvalue weighted by atomic mass is 10.2. The number of rotatable bonds is 2. The van der Waals surface area contributed by atoms with E-state index in [9.17, 15) is 0 Å². The first-order valence-corrected chi connectivity index (χ1v) is 3.20. The highest BCUT2D eigenvalue weighted by atomic mass is 16.5. The average molecular weight is 141 g/mol. The predicted octanol–water partition coefficient (Wildman–Crippen LogP) is 0.937. The SMILES string of the molecule is COc1nnc(C(C)C)[nH]1. The third kappa shape index (κ3) is 1.26. The average Bonchev–Trinajstić information content (AvgIpc) is 2.34. The van der Waals surface area contributed by atoms with Gasteiger partial charge < -0.3 is 4.74 Å². The summed E-state index contributed by atoms with van der Waals surface area (Å²) in [6.45, 7) is 4.08. The number of ether oxygens (including phenoxy) is 1. The summed E-state index contributed by atoms with van der Waals surface area (Å²) in [6.07, 6.45) is 0. The Bertz CT molecular complexity index is 207. The first-order chi connectivity index (χ1) is 4.74. The van der Waals surface area contributed by atoms with Crippen molar-refractivity contribution >= 4 is 0 Å². The van der Waals surface area contributed by atoms with Gasteiger partial charge in [0.15, 0.2) is 0 Å². The highest BCUT2D eigenvalue weighted by Gasteiger charge is 2.04. The van der Waals surface area contributed by atoms with Crippen molar-refractivity contribution in [2.75, 3.05) is 7.11 Å². The molecule has 0 bridgehead atoms. The molecule has 0 fully saturated rings. The Morgan fingerprint density at radius 2 is 2.10 bits per heavy atom. The molecule has 1 rings (SSSR count). The van der Waals surface area contributed by atoms with Crippen LogP contribution in [0.5, 0.6) is 6.01 Å². The van der Waals surface area contributed by atoms with Crippen LogP contribution in [-0.4, -0.2) is 22.3 Å². The van der Waals surface area contributed by atoms with Crippen molar-refractivity contribution in [1.29, 1.82) is 0 Å². The van der Waals surface area contributed by atoms with E-state index < -0.39 is 0 Å². The number of aromatic amines is 1. The Morgan fingerprint density at radius 3 is 2.40 bits per heavy atom. The molecule has 0 amide bonds. The van der Waals surface area contributed by atoms with Crippen LogP contribution in [0.2, 0.25) is 0 Å². The van der Waals surface area contributed by atoms with Crippen molar-refractivity contribution in [3.05, 3.63) is 5.82 Å². The van der Waals surface area contributed by atoms with Gasteiger partial charge in [-0.05, 0) is 0 Å². The highest BCUT2D eigenvalue weighted by molar-refractivity contribution is 4.98. The lowest BCUT2D eigenvalue weighted by molar-refractivity contribution is 0.381. The van der Waals surface area contributed by atoms with Gasteiger partial charge >= 0.3 is 6.01 Å². The second kappa shape index (κ2) is 2.68. The smallest absolute Gasteiger partial charge is 0.313 e. The van der Waals surface area contributed by atoms with Crippen LogP contribution in [0, 0.1) is 0 Å². The summed E-state index contributed by atoms with van der Waals surface area (Å²) in [5.41, 5.74) is 0. The number of hydrogen-bond acceptors (Lipinski definition) is 3. The number of nitrogens with one attached hydrogen (secondary N) is 1. The zero-order valence-corrected chi connectivity index (χ0v) is 6.38. The van der Waals surface area contributed by atoms with Gasteiger partial charge in [-0.2, -0.15) is 0 Å². The normalized spacial score (nSPS) is 10.4. The van der Waals surface area contributed by atoms with Crippen LogP contribution in [-0.2, 0) is 0 Å². The number of H-pyrrole nitrogens is 1. The molecule has 1 aromatic rings. The minimum atomic E-state index is 0.372. The molecule has 0 atom stereocenters. The van der Waals surface area contributed by atoms with Gasteiger partial charge in [-0.25, -0.2) is 0 Å². The van der Waals surface area contributed by atoms with E-state index in [1.54, 1.807) is 7.11 Å². The van der Waals surface area contributed by atoms with E-state index in [0.29, 0.717) is 11.9 Å². The molecule has 0 unspecified atom stereocenters. The predicted molar refractivity (Wildman–Crippen MR) is 37.0 cm³/mol. The Hall–Kier alpha value is -1.06. The summed E-state index contributed by atoms with van der Waals surface area (Å²) in [5.74, 6) is 1.23. The number of hydrogen-bond donors (Lipinski definition) is 1. The summed E-state index contributed by atoms with van der Waals surface area (Å²) < 4.78 is 4.82. The van der Waals surface area contributed by atoms with Gasteiger partial charge in [-0.1, -0.05) is 18.9 Å². The Labute approximate surface area is 59.6 Å². The van der Waals surface area contributed by atoms with E-state index >= 15 is 0 Å². The van der Waals surface area contributed by atoms with Gasteiger partial charge in [0.1, 0.15) is 5.82 Å². The quantitative estimate of drug-likeness (QED) is 0.666. The molecule has 0 aliphatic rings. The van der Waals surface area contributed by atoms with Crippen LogP contribution < -0.4 is 4.74 Å². The van der Waals surface area contributed by atoms with Crippen LogP contribution in [0.15, 0.2) is 0 Å². The fourth-order valence-electron chi connectivity index (χ4n) is 0.611. The van der Waals surface area contributed by atoms with Crippen molar-refractivity contribution in [2.24, 2.45) is 0 Å². The van der Waals surface area contributed by atoms with Gasteiger partial charge in [0.2, 0.25) is 0 Å². The molecular weight excluding hydrogens is 130 g/mol. The summed E-state index contributed by atoms with van der Waals surface area (Å²) in [6, 6.07) is 0.476. The van der Waals surface area contributed by atoms with Crippen LogP contribution in [0.3, 0.4) is 0 Å². The Morgan fingerprint density at radius 1 is 1.40 bits per heavy atom. The first kappa shape index (κ1) is 7.05. The van der Waals surface area contributed by atoms with Crippen molar-refractivity contribution in [2.45, 2.75) is 19.8 Å². The van der Waals surface area contributed by atoms with E-state index in [0.717, 1.165) is 5.82 Å². The highest BCUT2D eigenvalue weighted by Crippen LogP contribution is 2.10. The van der Waals surface area contributed by atoms with E-state index in [4.69, 9.17) is 4.74 Å². The summed E-state index contributed by atoms with van der Waals surface area (Å²) >= 11 is 0. The summed E-state index contributed by atoms with van der Waals surface area (Å²) in [7, 11) is 1.56. The molecule has 4 nitrogen and oxygen atoms in total. The second-order valence-electron chi connectivity index (χ2n) is 2.37. The topological polar surface area (TPSA) is 50.8 Å². The number of aromatic nitrogens is 3. The maximum absolute atomic E-state index is 4.82. The first-order valence-electron chi connectivity index (χ1n) is 3.20. The van der Waals surface area contributed by atoms with Gasteiger partial charge in [0.25, 0.3) is 0 Å². The molecule has 1 aromatic heterocycles. The summed E-state index contributed by atoms with van der Waals surface area (Å²) in [5, 5.41) is 7.58. The van der Waals surface area contributed by atoms with Crippen LogP contribution >= 0.6 is 0 Å². The Kier molecular flexibility index (Phi) is 1.89. The fourth-order valence-corrected chi connectivity index (χ4v) is 0.611. The molecule has 0 aromatic carbocycles. The maximum Gasteiger partial charge on any atom is 0.313 e. The van der Waals surface area contributed by atoms with Crippen LogP contribution in [0.1, 0.15) is 25.6 Å². The van der Waals surface area contributed by atoms with Gasteiger partial charge in [-0.15, -0.1) is 5.10 Å². The fraction of sp³-hybridized carbons (Fsp3) is 0.667. The van der Waals surface area contributed by atoms with Crippen molar-refractivity contribution in [3.8, 4) is 6.01 Å². The molecule has 0 saturated heterocycles. The van der Waals surface area contributed by atoms with Crippen molar-refractivity contribution in [1.82, 2.24) is 15.2 Å². The molecule has 0 saturated carbocycles. The lowest BCUT2D eigenvalue weighted by Gasteiger charge is -1.94. The minimum Gasteiger partial charge on any atom is -0.467 e. The van der Waals surface area contributed by atoms with Crippen LogP contribution in [0.25, 0.3) is 0 Å². The summed E-state index contributed by atoms with van der Waals surface area (Å²) in [4.78, 5) is 2.92. The standard InChI is InChI=1S/C6H11N3O/c1-4(2)5-7-6(10-3)9-8-5/h4H,1-3H3,(H,7,8,9). The maximum atomic E-state index is 4.82. The van der Waals surface area contributed by atoms with Crippen molar-refractivity contribution in [3.63, 3.8) is 0 Å². The second-order valence-corrected chi connectivity index (χ2v) is 2.37. The van der Waals surface area contributed by atoms with E-state index in [1.165, 1.54) is 0 Å². The molecule has 4 heteroatoms. The molecule has 0 spiro atoms. The molecule has 1 heterocycles. The molecule has 1 N–H and O–H groups in total. The molecular formula is C6H11N3O. The molecule has 56 valence electrons. The molecule has 0 aliphatic carbocycles. The number of nitrogens with zero attached hydrogens (tertiary/aromatic N) is 2. The van der Waals surface area contributed by atoms with Crippen molar-refractivity contribution < 1.29 is 4.74 Å². The Balaban J connectivity index is 2.78. The molecule has 10 heavy (non-hydrogen) atoms. The van der Waals surface area contributed by atoms with E-state index in [2.05, 4.69) is 15.2 Å². The van der Waals surface area contributed by atoms with E-state index in [-0.39, 0.29) is 0 Å². The third-order valence-electron chi connectivity index (χ3n) is 1.22. The monoisotopic (exact) mass is 141 g/mol. The van der Waals surface area contributed by atoms with Crippen LogP contribution in [0.4, 0.5) is 0 Å². The zero-order valence-electron chi connectivity index (χ0n) is 6.38. The lowest BCUT2D eigenvalue weighted by Crippen LogP contribution is -1.89. The molecule has 0 radical (unpaired) electrons. The zero-order chi connectivity index (χ0) is 7.56. The minimum absolute atomic E-state index is 0.372. The van der Waals surface area contributed by atoms with Gasteiger partial charge in [-0.3, -0.25) is 4.98 Å². The largest absolute Gasteiger partial charge is 0.467 e. The van der Waals surface area contributed by atoms with Gasteiger partial charge in [0.05, 0.1) is 7.11 Å². The van der Waals surface area contributed by atoms with E-state index in [1.807, 2.05) is 13.8 Å². The van der Waals surface area contributed by atoms with Gasteiger partial charge in [0, 0.05) is 5.92 Å². The number of methoxy groups -OCH3 is 1.